The number of aromatic nitrogens is 2. The van der Waals surface area contributed by atoms with Crippen LogP contribution in [0.4, 0.5) is 8.78 Å². The first kappa shape index (κ1) is 14.2. The molecule has 0 atom stereocenters. The van der Waals surface area contributed by atoms with Crippen LogP contribution in [0, 0.1) is 18.6 Å². The standard InChI is InChI=1S/C14H15F2N3O/c1-9-7-19(14(2,3)8-17-20)18-13(9)12-10(15)5-4-6-11(12)16/h4-8,20H,1-3H3/b17-8+. The molecule has 0 saturated heterocycles. The van der Waals surface area contributed by atoms with Crippen molar-refractivity contribution >= 4 is 6.21 Å². The van der Waals surface area contributed by atoms with E-state index in [0.717, 1.165) is 0 Å². The minimum atomic E-state index is -0.709. The first-order chi connectivity index (χ1) is 9.36. The summed E-state index contributed by atoms with van der Waals surface area (Å²) in [7, 11) is 0. The lowest BCUT2D eigenvalue weighted by Gasteiger charge is -2.19. The lowest BCUT2D eigenvalue weighted by molar-refractivity contribution is 0.311. The van der Waals surface area contributed by atoms with E-state index < -0.39 is 17.2 Å². The summed E-state index contributed by atoms with van der Waals surface area (Å²) in [5.41, 5.74) is 0.00775. The Morgan fingerprint density at radius 1 is 1.30 bits per heavy atom. The van der Waals surface area contributed by atoms with E-state index >= 15 is 0 Å². The summed E-state index contributed by atoms with van der Waals surface area (Å²) in [4.78, 5) is 0. The van der Waals surface area contributed by atoms with Crippen molar-refractivity contribution in [3.8, 4) is 11.3 Å². The molecule has 6 heteroatoms. The molecule has 0 amide bonds. The van der Waals surface area contributed by atoms with Crippen molar-refractivity contribution in [1.82, 2.24) is 9.78 Å². The highest BCUT2D eigenvalue weighted by molar-refractivity contribution is 5.68. The monoisotopic (exact) mass is 279 g/mol. The van der Waals surface area contributed by atoms with Crippen LogP contribution in [0.1, 0.15) is 19.4 Å². The van der Waals surface area contributed by atoms with Crippen LogP contribution < -0.4 is 0 Å². The van der Waals surface area contributed by atoms with Gasteiger partial charge in [0.1, 0.15) is 17.3 Å². The molecular formula is C14H15F2N3O. The maximum Gasteiger partial charge on any atom is 0.135 e. The van der Waals surface area contributed by atoms with Crippen LogP contribution in [0.25, 0.3) is 11.3 Å². The Morgan fingerprint density at radius 2 is 1.90 bits per heavy atom. The number of oxime groups is 1. The van der Waals surface area contributed by atoms with Gasteiger partial charge in [-0.3, -0.25) is 4.68 Å². The van der Waals surface area contributed by atoms with Gasteiger partial charge in [-0.15, -0.1) is 0 Å². The van der Waals surface area contributed by atoms with E-state index in [2.05, 4.69) is 10.3 Å². The number of benzene rings is 1. The Hall–Kier alpha value is -2.24. The topological polar surface area (TPSA) is 50.4 Å². The highest BCUT2D eigenvalue weighted by atomic mass is 19.1. The van der Waals surface area contributed by atoms with Gasteiger partial charge >= 0.3 is 0 Å². The smallest absolute Gasteiger partial charge is 0.135 e. The molecule has 4 nitrogen and oxygen atoms in total. The summed E-state index contributed by atoms with van der Waals surface area (Å²) >= 11 is 0. The number of halogens is 2. The summed E-state index contributed by atoms with van der Waals surface area (Å²) in [6.45, 7) is 5.25. The van der Waals surface area contributed by atoms with Gasteiger partial charge in [-0.2, -0.15) is 5.10 Å². The van der Waals surface area contributed by atoms with Gasteiger partial charge in [0.2, 0.25) is 0 Å². The zero-order valence-corrected chi connectivity index (χ0v) is 11.4. The summed E-state index contributed by atoms with van der Waals surface area (Å²) in [5.74, 6) is -1.32. The predicted molar refractivity (Wildman–Crippen MR) is 71.9 cm³/mol. The molecule has 0 aliphatic rings. The van der Waals surface area contributed by atoms with Crippen molar-refractivity contribution in [2.45, 2.75) is 26.3 Å². The molecule has 0 bridgehead atoms. The molecule has 0 aliphatic heterocycles. The van der Waals surface area contributed by atoms with Crippen LogP contribution in [0.15, 0.2) is 29.6 Å². The van der Waals surface area contributed by atoms with Crippen molar-refractivity contribution in [3.63, 3.8) is 0 Å². The molecule has 0 fully saturated rings. The average Bonchev–Trinajstić information content (AvgIpc) is 2.72. The second-order valence-electron chi connectivity index (χ2n) is 5.10. The Morgan fingerprint density at radius 3 is 2.45 bits per heavy atom. The molecule has 1 aromatic heterocycles. The SMILES string of the molecule is Cc1cn(C(C)(C)/C=N/O)nc1-c1c(F)cccc1F. The zero-order chi connectivity index (χ0) is 14.9. The molecule has 1 heterocycles. The summed E-state index contributed by atoms with van der Waals surface area (Å²) < 4.78 is 29.1. The highest BCUT2D eigenvalue weighted by Crippen LogP contribution is 2.28. The van der Waals surface area contributed by atoms with Gasteiger partial charge in [0.15, 0.2) is 0 Å². The minimum absolute atomic E-state index is 0.152. The molecule has 0 spiro atoms. The fourth-order valence-corrected chi connectivity index (χ4v) is 1.93. The molecular weight excluding hydrogens is 264 g/mol. The minimum Gasteiger partial charge on any atom is -0.411 e. The summed E-state index contributed by atoms with van der Waals surface area (Å²) in [6.07, 6.45) is 2.95. The third kappa shape index (κ3) is 2.41. The van der Waals surface area contributed by atoms with Crippen LogP contribution >= 0.6 is 0 Å². The Kier molecular flexibility index (Phi) is 3.57. The van der Waals surface area contributed by atoms with Gasteiger partial charge < -0.3 is 5.21 Å². The van der Waals surface area contributed by atoms with Crippen molar-refractivity contribution in [2.75, 3.05) is 0 Å². The van der Waals surface area contributed by atoms with E-state index in [4.69, 9.17) is 5.21 Å². The van der Waals surface area contributed by atoms with Crippen LogP contribution in [0.3, 0.4) is 0 Å². The van der Waals surface area contributed by atoms with E-state index in [1.807, 2.05) is 0 Å². The van der Waals surface area contributed by atoms with E-state index in [0.29, 0.717) is 5.56 Å². The van der Waals surface area contributed by atoms with Gasteiger partial charge in [-0.05, 0) is 38.5 Å². The summed E-state index contributed by atoms with van der Waals surface area (Å²) in [5, 5.41) is 15.9. The molecule has 1 N–H and O–H groups in total. The van der Waals surface area contributed by atoms with Crippen LogP contribution in [0.2, 0.25) is 0 Å². The largest absolute Gasteiger partial charge is 0.411 e. The first-order valence-electron chi connectivity index (χ1n) is 6.06. The van der Waals surface area contributed by atoms with Crippen molar-refractivity contribution in [1.29, 1.82) is 0 Å². The van der Waals surface area contributed by atoms with Gasteiger partial charge in [0, 0.05) is 6.20 Å². The third-order valence-corrected chi connectivity index (χ3v) is 3.06. The maximum absolute atomic E-state index is 13.8. The molecule has 0 saturated carbocycles. The van der Waals surface area contributed by atoms with Gasteiger partial charge in [-0.25, -0.2) is 8.78 Å². The zero-order valence-electron chi connectivity index (χ0n) is 11.4. The number of hydrogen-bond donors (Lipinski definition) is 1. The van der Waals surface area contributed by atoms with E-state index in [-0.39, 0.29) is 11.3 Å². The number of aryl methyl sites for hydroxylation is 1. The maximum atomic E-state index is 13.8. The number of hydrogen-bond acceptors (Lipinski definition) is 3. The lowest BCUT2D eigenvalue weighted by atomic mass is 10.1. The fraction of sp³-hybridized carbons (Fsp3) is 0.286. The normalized spacial score (nSPS) is 12.2. The Bertz CT molecular complexity index is 642. The molecule has 106 valence electrons. The summed E-state index contributed by atoms with van der Waals surface area (Å²) in [6, 6.07) is 3.69. The highest BCUT2D eigenvalue weighted by Gasteiger charge is 2.23. The van der Waals surface area contributed by atoms with Gasteiger partial charge in [0.25, 0.3) is 0 Å². The van der Waals surface area contributed by atoms with Crippen molar-refractivity contribution in [3.05, 3.63) is 41.6 Å². The quantitative estimate of drug-likeness (QED) is 0.532. The number of rotatable bonds is 3. The second kappa shape index (κ2) is 5.03. The molecule has 0 radical (unpaired) electrons. The Labute approximate surface area is 115 Å². The third-order valence-electron chi connectivity index (χ3n) is 3.06. The lowest BCUT2D eigenvalue weighted by Crippen LogP contribution is -2.28. The van der Waals surface area contributed by atoms with Crippen LogP contribution in [0.5, 0.6) is 0 Å². The molecule has 1 aromatic carbocycles. The second-order valence-corrected chi connectivity index (χ2v) is 5.10. The molecule has 20 heavy (non-hydrogen) atoms. The molecule has 0 unspecified atom stereocenters. The molecule has 2 rings (SSSR count). The van der Waals surface area contributed by atoms with E-state index in [1.54, 1.807) is 27.0 Å². The van der Waals surface area contributed by atoms with E-state index in [1.165, 1.54) is 29.1 Å². The van der Waals surface area contributed by atoms with Crippen LogP contribution in [-0.2, 0) is 5.54 Å². The first-order valence-corrected chi connectivity index (χ1v) is 6.06. The predicted octanol–water partition coefficient (Wildman–Crippen LogP) is 3.33. The van der Waals surface area contributed by atoms with Gasteiger partial charge in [0.05, 0.1) is 17.3 Å². The van der Waals surface area contributed by atoms with Crippen molar-refractivity contribution in [2.24, 2.45) is 5.16 Å². The van der Waals surface area contributed by atoms with Gasteiger partial charge in [-0.1, -0.05) is 11.2 Å². The Balaban J connectivity index is 2.58. The number of nitrogens with zero attached hydrogens (tertiary/aromatic N) is 3. The van der Waals surface area contributed by atoms with Crippen molar-refractivity contribution < 1.29 is 14.0 Å². The van der Waals surface area contributed by atoms with E-state index in [9.17, 15) is 8.78 Å². The average molecular weight is 279 g/mol. The van der Waals surface area contributed by atoms with Crippen LogP contribution in [-0.4, -0.2) is 21.2 Å². The molecule has 0 aliphatic carbocycles. The molecule has 2 aromatic rings. The fourth-order valence-electron chi connectivity index (χ4n) is 1.93.